The van der Waals surface area contributed by atoms with Crippen molar-refractivity contribution in [3.63, 3.8) is 0 Å². The zero-order chi connectivity index (χ0) is 8.69. The van der Waals surface area contributed by atoms with E-state index in [1.807, 2.05) is 0 Å². The van der Waals surface area contributed by atoms with Crippen LogP contribution in [-0.2, 0) is 0 Å². The minimum atomic E-state index is -2.32. The molecule has 0 saturated carbocycles. The summed E-state index contributed by atoms with van der Waals surface area (Å²) in [5.41, 5.74) is 0. The first-order valence-electron chi connectivity index (χ1n) is 3.63. The first-order chi connectivity index (χ1) is 5.22. The molecule has 0 radical (unpaired) electrons. The van der Waals surface area contributed by atoms with Crippen molar-refractivity contribution in [2.45, 2.75) is 32.7 Å². The van der Waals surface area contributed by atoms with Crippen LogP contribution in [0.4, 0.5) is 8.78 Å². The van der Waals surface area contributed by atoms with Crippen molar-refractivity contribution in [2.24, 2.45) is 0 Å². The Kier molecular flexibility index (Phi) is 5.77. The molecule has 0 aliphatic carbocycles. The summed E-state index contributed by atoms with van der Waals surface area (Å²) in [6.45, 7) is 4.00. The molecule has 0 aliphatic heterocycles. The summed E-state index contributed by atoms with van der Waals surface area (Å²) in [6, 6.07) is -0.771. The Bertz CT molecular complexity index is 146. The molecule has 3 heteroatoms. The topological polar surface area (TPSA) is 12.0 Å². The lowest BCUT2D eigenvalue weighted by molar-refractivity contribution is 0.101. The van der Waals surface area contributed by atoms with Crippen molar-refractivity contribution < 1.29 is 8.78 Å². The molecule has 0 heterocycles. The molecule has 0 aromatic carbocycles. The minimum absolute atomic E-state index is 0.224. The summed E-state index contributed by atoms with van der Waals surface area (Å²) in [7, 11) is 0. The molecule has 64 valence electrons. The lowest BCUT2D eigenvalue weighted by atomic mass is 10.2. The van der Waals surface area contributed by atoms with Crippen LogP contribution in [0.5, 0.6) is 0 Å². The molecule has 1 N–H and O–H groups in total. The fraction of sp³-hybridized carbons (Fsp3) is 0.750. The molecular formula is C8H13F2N. The predicted octanol–water partition coefficient (Wildman–Crippen LogP) is 1.64. The smallest absolute Gasteiger partial charge is 0.254 e. The quantitative estimate of drug-likeness (QED) is 0.618. The molecule has 11 heavy (non-hydrogen) atoms. The van der Waals surface area contributed by atoms with Gasteiger partial charge in [0.2, 0.25) is 0 Å². The molecule has 0 saturated heterocycles. The highest BCUT2D eigenvalue weighted by atomic mass is 19.3. The summed E-state index contributed by atoms with van der Waals surface area (Å²) in [4.78, 5) is 0. The van der Waals surface area contributed by atoms with Gasteiger partial charge < -0.3 is 5.32 Å². The van der Waals surface area contributed by atoms with Crippen LogP contribution in [0.3, 0.4) is 0 Å². The Balaban J connectivity index is 3.75. The van der Waals surface area contributed by atoms with Crippen LogP contribution in [0.2, 0.25) is 0 Å². The lowest BCUT2D eigenvalue weighted by Crippen LogP contribution is -2.34. The molecule has 0 aliphatic rings. The van der Waals surface area contributed by atoms with Crippen LogP contribution < -0.4 is 5.32 Å². The molecule has 0 amide bonds. The fourth-order valence-corrected chi connectivity index (χ4v) is 0.725. The van der Waals surface area contributed by atoms with Crippen LogP contribution in [-0.4, -0.2) is 19.0 Å². The van der Waals surface area contributed by atoms with Crippen LogP contribution in [0.1, 0.15) is 20.3 Å². The second kappa shape index (κ2) is 6.11. The average molecular weight is 161 g/mol. The molecule has 0 aromatic rings. The van der Waals surface area contributed by atoms with Gasteiger partial charge in [-0.3, -0.25) is 0 Å². The van der Waals surface area contributed by atoms with E-state index < -0.39 is 12.5 Å². The van der Waals surface area contributed by atoms with Gasteiger partial charge in [0.25, 0.3) is 6.43 Å². The van der Waals surface area contributed by atoms with Gasteiger partial charge in [0.05, 0.1) is 6.04 Å². The van der Waals surface area contributed by atoms with Gasteiger partial charge in [-0.25, -0.2) is 8.78 Å². The monoisotopic (exact) mass is 161 g/mol. The molecule has 0 aromatic heterocycles. The second-order valence-corrected chi connectivity index (χ2v) is 2.13. The summed E-state index contributed by atoms with van der Waals surface area (Å²) in [6.07, 6.45) is -2.10. The zero-order valence-electron chi connectivity index (χ0n) is 6.82. The number of rotatable bonds is 4. The van der Waals surface area contributed by atoms with E-state index in [-0.39, 0.29) is 6.42 Å². The maximum atomic E-state index is 12.1. The van der Waals surface area contributed by atoms with E-state index >= 15 is 0 Å². The van der Waals surface area contributed by atoms with Gasteiger partial charge in [0.15, 0.2) is 0 Å². The number of nitrogens with one attached hydrogen (secondary N) is 1. The van der Waals surface area contributed by atoms with Crippen LogP contribution in [0.25, 0.3) is 0 Å². The highest BCUT2D eigenvalue weighted by Gasteiger charge is 2.16. The third-order valence-electron chi connectivity index (χ3n) is 1.27. The van der Waals surface area contributed by atoms with Gasteiger partial charge in [-0.1, -0.05) is 6.92 Å². The molecule has 0 spiro atoms. The van der Waals surface area contributed by atoms with Crippen LogP contribution >= 0.6 is 0 Å². The van der Waals surface area contributed by atoms with Gasteiger partial charge in [-0.2, -0.15) is 0 Å². The Morgan fingerprint density at radius 2 is 2.09 bits per heavy atom. The van der Waals surface area contributed by atoms with Crippen molar-refractivity contribution >= 4 is 0 Å². The van der Waals surface area contributed by atoms with Crippen molar-refractivity contribution in [3.8, 4) is 11.8 Å². The summed E-state index contributed by atoms with van der Waals surface area (Å²) in [5, 5.41) is 2.66. The van der Waals surface area contributed by atoms with E-state index in [0.29, 0.717) is 6.54 Å². The predicted molar refractivity (Wildman–Crippen MR) is 41.5 cm³/mol. The summed E-state index contributed by atoms with van der Waals surface area (Å²) >= 11 is 0. The Morgan fingerprint density at radius 3 is 2.45 bits per heavy atom. The maximum absolute atomic E-state index is 12.1. The average Bonchev–Trinajstić information content (AvgIpc) is 1.97. The van der Waals surface area contributed by atoms with E-state index in [0.717, 1.165) is 0 Å². The molecule has 0 bridgehead atoms. The summed E-state index contributed by atoms with van der Waals surface area (Å²) in [5.74, 6) is 5.21. The molecule has 1 nitrogen and oxygen atoms in total. The molecule has 0 rings (SSSR count). The van der Waals surface area contributed by atoms with Crippen molar-refractivity contribution in [3.05, 3.63) is 0 Å². The largest absolute Gasteiger partial charge is 0.308 e. The molecule has 0 fully saturated rings. The Hall–Kier alpha value is -0.620. The Morgan fingerprint density at radius 1 is 1.45 bits per heavy atom. The number of hydrogen-bond acceptors (Lipinski definition) is 1. The fourth-order valence-electron chi connectivity index (χ4n) is 0.725. The van der Waals surface area contributed by atoms with Gasteiger partial charge in [-0.05, 0) is 13.5 Å². The van der Waals surface area contributed by atoms with E-state index in [1.54, 1.807) is 13.8 Å². The van der Waals surface area contributed by atoms with Gasteiger partial charge in [-0.15, -0.1) is 11.8 Å². The first kappa shape index (κ1) is 10.4. The van der Waals surface area contributed by atoms with E-state index in [1.165, 1.54) is 0 Å². The zero-order valence-corrected chi connectivity index (χ0v) is 6.82. The third-order valence-corrected chi connectivity index (χ3v) is 1.27. The van der Waals surface area contributed by atoms with Gasteiger partial charge in [0.1, 0.15) is 0 Å². The highest BCUT2D eigenvalue weighted by molar-refractivity contribution is 4.98. The third kappa shape index (κ3) is 4.74. The minimum Gasteiger partial charge on any atom is -0.308 e. The van der Waals surface area contributed by atoms with Crippen molar-refractivity contribution in [1.29, 1.82) is 0 Å². The van der Waals surface area contributed by atoms with E-state index in [2.05, 4.69) is 17.2 Å². The molecule has 1 unspecified atom stereocenters. The number of hydrogen-bond donors (Lipinski definition) is 1. The standard InChI is InChI=1S/C8H13F2N/c1-3-5-6-7(8(9)10)11-4-2/h7-8,11H,4,6H2,1-2H3. The van der Waals surface area contributed by atoms with Crippen LogP contribution in [0.15, 0.2) is 0 Å². The SMILES string of the molecule is CC#CCC(NCC)C(F)F. The molecular weight excluding hydrogens is 148 g/mol. The summed E-state index contributed by atoms with van der Waals surface area (Å²) < 4.78 is 24.2. The lowest BCUT2D eigenvalue weighted by Gasteiger charge is -2.12. The van der Waals surface area contributed by atoms with Crippen molar-refractivity contribution in [1.82, 2.24) is 5.32 Å². The second-order valence-electron chi connectivity index (χ2n) is 2.13. The normalized spacial score (nSPS) is 12.5. The van der Waals surface area contributed by atoms with E-state index in [4.69, 9.17) is 0 Å². The van der Waals surface area contributed by atoms with Gasteiger partial charge in [0, 0.05) is 6.42 Å². The highest BCUT2D eigenvalue weighted by Crippen LogP contribution is 2.03. The Labute approximate surface area is 66.2 Å². The van der Waals surface area contributed by atoms with Crippen molar-refractivity contribution in [2.75, 3.05) is 6.54 Å². The number of alkyl halides is 2. The van der Waals surface area contributed by atoms with E-state index in [9.17, 15) is 8.78 Å². The first-order valence-corrected chi connectivity index (χ1v) is 3.63. The van der Waals surface area contributed by atoms with Crippen LogP contribution in [0, 0.1) is 11.8 Å². The maximum Gasteiger partial charge on any atom is 0.254 e. The van der Waals surface area contributed by atoms with Gasteiger partial charge >= 0.3 is 0 Å². The number of halogens is 2. The molecule has 1 atom stereocenters.